The highest BCUT2D eigenvalue weighted by atomic mass is 19.1. The number of fused-ring (bicyclic) bond motifs is 3. The van der Waals surface area contributed by atoms with E-state index < -0.39 is 18.0 Å². The Morgan fingerprint density at radius 3 is 2.31 bits per heavy atom. The van der Waals surface area contributed by atoms with Crippen LogP contribution in [0.3, 0.4) is 0 Å². The Morgan fingerprint density at radius 2 is 1.66 bits per heavy atom. The molecule has 1 amide bonds. The van der Waals surface area contributed by atoms with Crippen LogP contribution in [0.4, 0.5) is 13.6 Å². The summed E-state index contributed by atoms with van der Waals surface area (Å²) in [5, 5.41) is 2.50. The van der Waals surface area contributed by atoms with E-state index in [1.165, 1.54) is 6.07 Å². The van der Waals surface area contributed by atoms with Gasteiger partial charge >= 0.3 is 6.09 Å². The van der Waals surface area contributed by atoms with Crippen LogP contribution in [-0.4, -0.2) is 24.2 Å². The van der Waals surface area contributed by atoms with Crippen molar-refractivity contribution in [3.8, 4) is 23.0 Å². The van der Waals surface area contributed by atoms with Crippen LogP contribution in [-0.2, 0) is 4.74 Å². The molecule has 0 radical (unpaired) electrons. The van der Waals surface area contributed by atoms with Crippen LogP contribution < -0.4 is 5.32 Å². The first-order valence-corrected chi connectivity index (χ1v) is 9.03. The van der Waals surface area contributed by atoms with E-state index in [2.05, 4.69) is 34.3 Å². The standard InChI is InChI=1S/C23H16F2N2O2/c24-21-12-11-15(22(25)27-21)6-5-13-26-23(28)29-14-20-18-9-3-1-7-16(18)17-8-2-4-10-19(17)20/h1-4,7-12,20H,13-14H2,(H,26,28). The number of halogens is 2. The second kappa shape index (κ2) is 8.11. The maximum absolute atomic E-state index is 13.4. The van der Waals surface area contributed by atoms with Gasteiger partial charge in [0.05, 0.1) is 12.1 Å². The molecule has 1 aliphatic rings. The fourth-order valence-electron chi connectivity index (χ4n) is 3.41. The van der Waals surface area contributed by atoms with Gasteiger partial charge in [0.25, 0.3) is 0 Å². The molecule has 1 heterocycles. The van der Waals surface area contributed by atoms with Crippen LogP contribution in [0.2, 0.25) is 0 Å². The minimum absolute atomic E-state index is 0.0291. The number of hydrogen-bond acceptors (Lipinski definition) is 3. The predicted molar refractivity (Wildman–Crippen MR) is 104 cm³/mol. The molecule has 0 atom stereocenters. The van der Waals surface area contributed by atoms with Gasteiger partial charge in [0.1, 0.15) is 6.61 Å². The number of nitrogens with one attached hydrogen (secondary N) is 1. The summed E-state index contributed by atoms with van der Waals surface area (Å²) in [6, 6.07) is 18.3. The SMILES string of the molecule is O=C(NCC#Cc1ccc(F)nc1F)OCC1c2ccccc2-c2ccccc21. The number of carbonyl (C=O) groups excluding carboxylic acids is 1. The van der Waals surface area contributed by atoms with Crippen LogP contribution in [0, 0.1) is 23.7 Å². The van der Waals surface area contributed by atoms with Crippen molar-refractivity contribution in [3.05, 3.63) is 89.2 Å². The van der Waals surface area contributed by atoms with Crippen molar-refractivity contribution < 1.29 is 18.3 Å². The zero-order chi connectivity index (χ0) is 20.2. The average molecular weight is 390 g/mol. The van der Waals surface area contributed by atoms with Crippen LogP contribution in [0.5, 0.6) is 0 Å². The van der Waals surface area contributed by atoms with E-state index in [1.54, 1.807) is 0 Å². The van der Waals surface area contributed by atoms with Crippen LogP contribution in [0.1, 0.15) is 22.6 Å². The van der Waals surface area contributed by atoms with Crippen molar-refractivity contribution in [1.29, 1.82) is 0 Å². The van der Waals surface area contributed by atoms with Crippen LogP contribution in [0.25, 0.3) is 11.1 Å². The van der Waals surface area contributed by atoms with Crippen LogP contribution in [0.15, 0.2) is 60.7 Å². The maximum atomic E-state index is 13.4. The summed E-state index contributed by atoms with van der Waals surface area (Å²) >= 11 is 0. The van der Waals surface area contributed by atoms with Crippen LogP contribution >= 0.6 is 0 Å². The Hall–Kier alpha value is -3.72. The minimum Gasteiger partial charge on any atom is -0.449 e. The fraction of sp³-hybridized carbons (Fsp3) is 0.130. The summed E-state index contributed by atoms with van der Waals surface area (Å²) in [6.45, 7) is 0.164. The maximum Gasteiger partial charge on any atom is 0.407 e. The Kier molecular flexibility index (Phi) is 5.21. The largest absolute Gasteiger partial charge is 0.449 e. The molecule has 4 nitrogen and oxygen atoms in total. The third-order valence-corrected chi connectivity index (χ3v) is 4.70. The molecule has 144 valence electrons. The van der Waals surface area contributed by atoms with Gasteiger partial charge in [-0.2, -0.15) is 13.8 Å². The van der Waals surface area contributed by atoms with Gasteiger partial charge < -0.3 is 10.1 Å². The molecule has 0 unspecified atom stereocenters. The van der Waals surface area contributed by atoms with Gasteiger partial charge in [0.2, 0.25) is 11.9 Å². The van der Waals surface area contributed by atoms with E-state index in [0.717, 1.165) is 28.3 Å². The first-order chi connectivity index (χ1) is 14.1. The summed E-state index contributed by atoms with van der Waals surface area (Å²) in [5.41, 5.74) is 4.51. The number of aromatic nitrogens is 1. The third-order valence-electron chi connectivity index (χ3n) is 4.70. The van der Waals surface area contributed by atoms with Gasteiger partial charge in [0.15, 0.2) is 0 Å². The lowest BCUT2D eigenvalue weighted by Crippen LogP contribution is -2.26. The molecule has 4 rings (SSSR count). The van der Waals surface area contributed by atoms with Crippen molar-refractivity contribution in [1.82, 2.24) is 10.3 Å². The Labute approximate surface area is 166 Å². The van der Waals surface area contributed by atoms with Gasteiger partial charge in [-0.3, -0.25) is 0 Å². The second-order valence-electron chi connectivity index (χ2n) is 6.45. The van der Waals surface area contributed by atoms with E-state index in [1.807, 2.05) is 36.4 Å². The number of rotatable bonds is 3. The number of carbonyl (C=O) groups is 1. The summed E-state index contributed by atoms with van der Waals surface area (Å²) in [5.74, 6) is 3.15. The number of nitrogens with zero attached hydrogens (tertiary/aromatic N) is 1. The van der Waals surface area contributed by atoms with Crippen molar-refractivity contribution in [2.24, 2.45) is 0 Å². The number of pyridine rings is 1. The molecule has 0 bridgehead atoms. The Morgan fingerprint density at radius 1 is 1.00 bits per heavy atom. The first-order valence-electron chi connectivity index (χ1n) is 9.03. The molecule has 0 saturated carbocycles. The minimum atomic E-state index is -0.987. The molecule has 3 aromatic rings. The quantitative estimate of drug-likeness (QED) is 0.537. The summed E-state index contributed by atoms with van der Waals surface area (Å²) < 4.78 is 31.6. The summed E-state index contributed by atoms with van der Waals surface area (Å²) in [4.78, 5) is 15.1. The van der Waals surface area contributed by atoms with E-state index in [0.29, 0.717) is 0 Å². The molecule has 0 fully saturated rings. The Bertz CT molecular complexity index is 1090. The second-order valence-corrected chi connectivity index (χ2v) is 6.45. The number of benzene rings is 2. The number of alkyl carbamates (subject to hydrolysis) is 1. The highest BCUT2D eigenvalue weighted by Gasteiger charge is 2.28. The third kappa shape index (κ3) is 3.94. The molecular weight excluding hydrogens is 374 g/mol. The topological polar surface area (TPSA) is 51.2 Å². The Balaban J connectivity index is 1.35. The van der Waals surface area contributed by atoms with E-state index >= 15 is 0 Å². The smallest absolute Gasteiger partial charge is 0.407 e. The normalized spacial score (nSPS) is 11.8. The van der Waals surface area contributed by atoms with Gasteiger partial charge in [-0.25, -0.2) is 4.79 Å². The molecule has 29 heavy (non-hydrogen) atoms. The lowest BCUT2D eigenvalue weighted by atomic mass is 9.98. The highest BCUT2D eigenvalue weighted by molar-refractivity contribution is 5.79. The average Bonchev–Trinajstić information content (AvgIpc) is 3.05. The molecule has 2 aromatic carbocycles. The molecule has 0 saturated heterocycles. The molecule has 0 aliphatic heterocycles. The van der Waals surface area contributed by atoms with Crippen molar-refractivity contribution in [2.75, 3.05) is 13.2 Å². The predicted octanol–water partition coefficient (Wildman–Crippen LogP) is 4.25. The highest BCUT2D eigenvalue weighted by Crippen LogP contribution is 2.44. The zero-order valence-corrected chi connectivity index (χ0v) is 15.3. The molecule has 1 N–H and O–H groups in total. The summed E-state index contributed by atoms with van der Waals surface area (Å²) in [6.07, 6.45) is -0.612. The monoisotopic (exact) mass is 390 g/mol. The van der Waals surface area contributed by atoms with Gasteiger partial charge in [0, 0.05) is 5.92 Å². The lowest BCUT2D eigenvalue weighted by molar-refractivity contribution is 0.144. The van der Waals surface area contributed by atoms with E-state index in [-0.39, 0.29) is 24.6 Å². The zero-order valence-electron chi connectivity index (χ0n) is 15.3. The van der Waals surface area contributed by atoms with Crippen molar-refractivity contribution in [2.45, 2.75) is 5.92 Å². The molecule has 1 aliphatic carbocycles. The molecular formula is C23H16F2N2O2. The number of ether oxygens (including phenoxy) is 1. The molecule has 6 heteroatoms. The molecule has 0 spiro atoms. The van der Waals surface area contributed by atoms with E-state index in [9.17, 15) is 13.6 Å². The summed E-state index contributed by atoms with van der Waals surface area (Å²) in [7, 11) is 0. The van der Waals surface area contributed by atoms with Gasteiger partial charge in [-0.05, 0) is 34.4 Å². The molecule has 1 aromatic heterocycles. The fourth-order valence-corrected chi connectivity index (χ4v) is 3.41. The van der Waals surface area contributed by atoms with E-state index in [4.69, 9.17) is 4.74 Å². The lowest BCUT2D eigenvalue weighted by Gasteiger charge is -2.14. The van der Waals surface area contributed by atoms with Crippen molar-refractivity contribution >= 4 is 6.09 Å². The van der Waals surface area contributed by atoms with Gasteiger partial charge in [-0.15, -0.1) is 0 Å². The number of hydrogen-bond donors (Lipinski definition) is 1. The van der Waals surface area contributed by atoms with Gasteiger partial charge in [-0.1, -0.05) is 60.4 Å². The van der Waals surface area contributed by atoms with Crippen molar-refractivity contribution in [3.63, 3.8) is 0 Å². The number of amides is 1. The first kappa shape index (κ1) is 18.6.